The maximum absolute atomic E-state index is 11.4. The minimum Gasteiger partial charge on any atom is -0.294 e. The molecule has 0 saturated carbocycles. The molecule has 0 aliphatic carbocycles. The standard InChI is InChI=1S/C12H12Cl2O/c1-2-3-6-10(15)8-9-5-4-7-11(13)12(9)14/h3-7H,2,8H2,1H3/b6-3+. The largest absolute Gasteiger partial charge is 0.294 e. The molecule has 3 heteroatoms. The molecule has 80 valence electrons. The summed E-state index contributed by atoms with van der Waals surface area (Å²) < 4.78 is 0. The molecule has 0 amide bonds. The maximum Gasteiger partial charge on any atom is 0.159 e. The average molecular weight is 243 g/mol. The van der Waals surface area contributed by atoms with E-state index in [0.29, 0.717) is 16.5 Å². The SMILES string of the molecule is CC/C=C/C(=O)Cc1cccc(Cl)c1Cl. The first-order valence-corrected chi connectivity index (χ1v) is 5.53. The molecule has 0 N–H and O–H groups in total. The minimum absolute atomic E-state index is 0.0426. The number of carbonyl (C=O) groups is 1. The van der Waals surface area contributed by atoms with Crippen LogP contribution in [0, 0.1) is 0 Å². The van der Waals surface area contributed by atoms with Crippen LogP contribution in [0.1, 0.15) is 18.9 Å². The highest BCUT2D eigenvalue weighted by molar-refractivity contribution is 6.42. The maximum atomic E-state index is 11.4. The van der Waals surface area contributed by atoms with Gasteiger partial charge in [0.2, 0.25) is 0 Å². The van der Waals surface area contributed by atoms with Crippen LogP contribution in [0.5, 0.6) is 0 Å². The Morgan fingerprint density at radius 1 is 1.40 bits per heavy atom. The highest BCUT2D eigenvalue weighted by Crippen LogP contribution is 2.25. The first-order chi connectivity index (χ1) is 7.15. The van der Waals surface area contributed by atoms with Crippen LogP contribution in [0.25, 0.3) is 0 Å². The van der Waals surface area contributed by atoms with E-state index in [1.54, 1.807) is 18.2 Å². The van der Waals surface area contributed by atoms with Gasteiger partial charge in [-0.1, -0.05) is 48.3 Å². The molecule has 0 spiro atoms. The normalized spacial score (nSPS) is 10.9. The summed E-state index contributed by atoms with van der Waals surface area (Å²) in [5.41, 5.74) is 0.773. The molecule has 0 heterocycles. The number of halogens is 2. The van der Waals surface area contributed by atoms with Crippen LogP contribution in [0.4, 0.5) is 0 Å². The molecule has 1 rings (SSSR count). The second kappa shape index (κ2) is 5.94. The predicted octanol–water partition coefficient (Wildman–Crippen LogP) is 4.07. The summed E-state index contributed by atoms with van der Waals surface area (Å²) in [7, 11) is 0. The highest BCUT2D eigenvalue weighted by atomic mass is 35.5. The lowest BCUT2D eigenvalue weighted by Gasteiger charge is -2.02. The Balaban J connectivity index is 2.77. The lowest BCUT2D eigenvalue weighted by Crippen LogP contribution is -1.99. The predicted molar refractivity (Wildman–Crippen MR) is 64.6 cm³/mol. The van der Waals surface area contributed by atoms with Gasteiger partial charge < -0.3 is 0 Å². The van der Waals surface area contributed by atoms with Crippen molar-refractivity contribution in [1.82, 2.24) is 0 Å². The molecule has 0 aliphatic rings. The average Bonchev–Trinajstić information content (AvgIpc) is 2.22. The van der Waals surface area contributed by atoms with Gasteiger partial charge in [0, 0.05) is 6.42 Å². The summed E-state index contributed by atoms with van der Waals surface area (Å²) in [5.74, 6) is 0.0426. The second-order valence-corrected chi connectivity index (χ2v) is 3.95. The van der Waals surface area contributed by atoms with Crippen molar-refractivity contribution in [3.8, 4) is 0 Å². The van der Waals surface area contributed by atoms with Crippen LogP contribution in [0.3, 0.4) is 0 Å². The van der Waals surface area contributed by atoms with Gasteiger partial charge in [-0.3, -0.25) is 4.79 Å². The topological polar surface area (TPSA) is 17.1 Å². The molecule has 0 aromatic heterocycles. The van der Waals surface area contributed by atoms with E-state index in [-0.39, 0.29) is 5.78 Å². The zero-order valence-electron chi connectivity index (χ0n) is 8.47. The molecule has 15 heavy (non-hydrogen) atoms. The third-order valence-corrected chi connectivity index (χ3v) is 2.79. The van der Waals surface area contributed by atoms with Gasteiger partial charge in [0.05, 0.1) is 10.0 Å². The first-order valence-electron chi connectivity index (χ1n) is 4.77. The van der Waals surface area contributed by atoms with Crippen molar-refractivity contribution in [2.24, 2.45) is 0 Å². The molecular formula is C12H12Cl2O. The summed E-state index contributed by atoms with van der Waals surface area (Å²) >= 11 is 11.8. The third-order valence-electron chi connectivity index (χ3n) is 1.94. The van der Waals surface area contributed by atoms with E-state index in [2.05, 4.69) is 0 Å². The number of carbonyl (C=O) groups excluding carboxylic acids is 1. The number of hydrogen-bond donors (Lipinski definition) is 0. The molecule has 1 nitrogen and oxygen atoms in total. The van der Waals surface area contributed by atoms with E-state index < -0.39 is 0 Å². The van der Waals surface area contributed by atoms with Crippen molar-refractivity contribution in [2.75, 3.05) is 0 Å². The van der Waals surface area contributed by atoms with E-state index in [4.69, 9.17) is 23.2 Å². The molecule has 0 unspecified atom stereocenters. The fourth-order valence-corrected chi connectivity index (χ4v) is 1.57. The fourth-order valence-electron chi connectivity index (χ4n) is 1.18. The van der Waals surface area contributed by atoms with Crippen molar-refractivity contribution in [2.45, 2.75) is 19.8 Å². The molecule has 0 radical (unpaired) electrons. The van der Waals surface area contributed by atoms with E-state index >= 15 is 0 Å². The number of rotatable bonds is 4. The molecule has 0 saturated heterocycles. The summed E-state index contributed by atoms with van der Waals surface area (Å²) in [5, 5.41) is 0.957. The van der Waals surface area contributed by atoms with Crippen LogP contribution in [0.15, 0.2) is 30.4 Å². The lowest BCUT2D eigenvalue weighted by molar-refractivity contribution is -0.114. The Kier molecular flexibility index (Phi) is 4.86. The summed E-state index contributed by atoms with van der Waals surface area (Å²) in [4.78, 5) is 11.4. The molecule has 0 aliphatic heterocycles. The van der Waals surface area contributed by atoms with Gasteiger partial charge in [-0.05, 0) is 24.1 Å². The van der Waals surface area contributed by atoms with E-state index in [9.17, 15) is 4.79 Å². The molecule has 0 bridgehead atoms. The fraction of sp³-hybridized carbons (Fsp3) is 0.250. The van der Waals surface area contributed by atoms with E-state index in [0.717, 1.165) is 12.0 Å². The number of ketones is 1. The van der Waals surface area contributed by atoms with Gasteiger partial charge in [0.1, 0.15) is 0 Å². The van der Waals surface area contributed by atoms with Crippen LogP contribution in [-0.2, 0) is 11.2 Å². The third kappa shape index (κ3) is 3.69. The number of benzene rings is 1. The van der Waals surface area contributed by atoms with Crippen LogP contribution in [0.2, 0.25) is 10.0 Å². The molecule has 0 atom stereocenters. The van der Waals surface area contributed by atoms with Gasteiger partial charge in [0.25, 0.3) is 0 Å². The first kappa shape index (κ1) is 12.3. The summed E-state index contributed by atoms with van der Waals surface area (Å²) in [6.45, 7) is 1.98. The summed E-state index contributed by atoms with van der Waals surface area (Å²) in [6, 6.07) is 5.31. The van der Waals surface area contributed by atoms with Crippen molar-refractivity contribution >= 4 is 29.0 Å². The Morgan fingerprint density at radius 2 is 2.13 bits per heavy atom. The van der Waals surface area contributed by atoms with Crippen molar-refractivity contribution in [3.05, 3.63) is 46.0 Å². The minimum atomic E-state index is 0.0426. The van der Waals surface area contributed by atoms with Crippen molar-refractivity contribution in [1.29, 1.82) is 0 Å². The Bertz CT molecular complexity index is 383. The van der Waals surface area contributed by atoms with Gasteiger partial charge in [0.15, 0.2) is 5.78 Å². The number of hydrogen-bond acceptors (Lipinski definition) is 1. The molecule has 1 aromatic carbocycles. The van der Waals surface area contributed by atoms with Crippen LogP contribution < -0.4 is 0 Å². The zero-order valence-corrected chi connectivity index (χ0v) is 9.98. The summed E-state index contributed by atoms with van der Waals surface area (Å²) in [6.07, 6.45) is 4.57. The highest BCUT2D eigenvalue weighted by Gasteiger charge is 2.06. The van der Waals surface area contributed by atoms with E-state index in [1.807, 2.05) is 19.1 Å². The lowest BCUT2D eigenvalue weighted by atomic mass is 10.1. The van der Waals surface area contributed by atoms with Gasteiger partial charge in [-0.25, -0.2) is 0 Å². The Hall–Kier alpha value is -0.790. The smallest absolute Gasteiger partial charge is 0.159 e. The van der Waals surface area contributed by atoms with Gasteiger partial charge >= 0.3 is 0 Å². The van der Waals surface area contributed by atoms with Gasteiger partial charge in [-0.15, -0.1) is 0 Å². The van der Waals surface area contributed by atoms with E-state index in [1.165, 1.54) is 0 Å². The molecular weight excluding hydrogens is 231 g/mol. The zero-order chi connectivity index (χ0) is 11.3. The van der Waals surface area contributed by atoms with Gasteiger partial charge in [-0.2, -0.15) is 0 Å². The van der Waals surface area contributed by atoms with Crippen LogP contribution >= 0.6 is 23.2 Å². The molecule has 1 aromatic rings. The number of allylic oxidation sites excluding steroid dienone is 2. The second-order valence-electron chi connectivity index (χ2n) is 3.17. The quantitative estimate of drug-likeness (QED) is 0.728. The molecule has 0 fully saturated rings. The van der Waals surface area contributed by atoms with Crippen molar-refractivity contribution in [3.63, 3.8) is 0 Å². The Morgan fingerprint density at radius 3 is 2.80 bits per heavy atom. The Labute approximate surface area is 99.7 Å². The monoisotopic (exact) mass is 242 g/mol. The van der Waals surface area contributed by atoms with Crippen molar-refractivity contribution < 1.29 is 4.79 Å². The van der Waals surface area contributed by atoms with Crippen LogP contribution in [-0.4, -0.2) is 5.78 Å².